The lowest BCUT2D eigenvalue weighted by molar-refractivity contribution is 0.236. The Morgan fingerprint density at radius 1 is 1.44 bits per heavy atom. The molecule has 2 aromatic heterocycles. The van der Waals surface area contributed by atoms with Crippen LogP contribution in [0, 0.1) is 0 Å². The van der Waals surface area contributed by atoms with Gasteiger partial charge in [-0.3, -0.25) is 5.10 Å². The van der Waals surface area contributed by atoms with Crippen LogP contribution >= 0.6 is 0 Å². The Balaban J connectivity index is 2.46. The van der Waals surface area contributed by atoms with Gasteiger partial charge in [-0.1, -0.05) is 0 Å². The summed E-state index contributed by atoms with van der Waals surface area (Å²) in [6, 6.07) is 0. The van der Waals surface area contributed by atoms with E-state index in [4.69, 9.17) is 4.74 Å². The molecule has 16 heavy (non-hydrogen) atoms. The Bertz CT molecular complexity index is 479. The number of fused-ring (bicyclic) bond motifs is 1. The zero-order valence-corrected chi connectivity index (χ0v) is 9.61. The van der Waals surface area contributed by atoms with Gasteiger partial charge in [-0.25, -0.2) is 0 Å². The molecule has 0 aromatic carbocycles. The van der Waals surface area contributed by atoms with Crippen LogP contribution in [0.4, 0.5) is 5.95 Å². The van der Waals surface area contributed by atoms with Gasteiger partial charge in [0.05, 0.1) is 12.3 Å². The normalized spacial score (nSPS) is 11.0. The summed E-state index contributed by atoms with van der Waals surface area (Å²) in [5, 5.41) is 10.6. The van der Waals surface area contributed by atoms with Gasteiger partial charge in [0.15, 0.2) is 5.65 Å². The molecule has 0 aliphatic rings. The second-order valence-electron chi connectivity index (χ2n) is 3.68. The number of ether oxygens (including phenoxy) is 1. The minimum Gasteiger partial charge on any atom is -0.474 e. The topological polar surface area (TPSA) is 75.7 Å². The summed E-state index contributed by atoms with van der Waals surface area (Å²) in [5.41, 5.74) is 0.682. The van der Waals surface area contributed by atoms with Crippen LogP contribution in [0.2, 0.25) is 0 Å². The van der Waals surface area contributed by atoms with Crippen molar-refractivity contribution in [3.05, 3.63) is 6.20 Å². The summed E-state index contributed by atoms with van der Waals surface area (Å²) in [6.45, 7) is 6.67. The van der Waals surface area contributed by atoms with Crippen molar-refractivity contribution in [1.82, 2.24) is 20.2 Å². The Hall–Kier alpha value is -1.85. The lowest BCUT2D eigenvalue weighted by Crippen LogP contribution is -2.09. The van der Waals surface area contributed by atoms with Crippen molar-refractivity contribution in [3.63, 3.8) is 0 Å². The molecule has 2 rings (SSSR count). The third-order valence-electron chi connectivity index (χ3n) is 1.96. The summed E-state index contributed by atoms with van der Waals surface area (Å²) < 4.78 is 5.62. The minimum atomic E-state index is 0.0717. The maximum Gasteiger partial charge on any atom is 0.229 e. The van der Waals surface area contributed by atoms with E-state index in [1.807, 2.05) is 20.8 Å². The van der Waals surface area contributed by atoms with Crippen LogP contribution in [0.25, 0.3) is 11.0 Å². The van der Waals surface area contributed by atoms with Gasteiger partial charge in [0.25, 0.3) is 0 Å². The van der Waals surface area contributed by atoms with Crippen LogP contribution in [-0.2, 0) is 0 Å². The van der Waals surface area contributed by atoms with Crippen LogP contribution in [0.1, 0.15) is 20.8 Å². The smallest absolute Gasteiger partial charge is 0.229 e. The van der Waals surface area contributed by atoms with Crippen molar-refractivity contribution < 1.29 is 4.74 Å². The largest absolute Gasteiger partial charge is 0.474 e. The second-order valence-corrected chi connectivity index (χ2v) is 3.68. The first-order valence-electron chi connectivity index (χ1n) is 5.32. The first kappa shape index (κ1) is 10.7. The molecule has 0 aliphatic carbocycles. The van der Waals surface area contributed by atoms with Crippen molar-refractivity contribution >= 4 is 17.0 Å². The molecule has 2 N–H and O–H groups in total. The summed E-state index contributed by atoms with van der Waals surface area (Å²) >= 11 is 0. The first-order chi connectivity index (χ1) is 7.70. The van der Waals surface area contributed by atoms with Gasteiger partial charge in [-0.2, -0.15) is 15.1 Å². The molecule has 2 aromatic rings. The Kier molecular flexibility index (Phi) is 2.89. The van der Waals surface area contributed by atoms with Crippen LogP contribution in [0.15, 0.2) is 6.20 Å². The monoisotopic (exact) mass is 221 g/mol. The van der Waals surface area contributed by atoms with Gasteiger partial charge in [0.2, 0.25) is 11.8 Å². The first-order valence-corrected chi connectivity index (χ1v) is 5.32. The van der Waals surface area contributed by atoms with E-state index < -0.39 is 0 Å². The Morgan fingerprint density at radius 3 is 2.94 bits per heavy atom. The van der Waals surface area contributed by atoms with Crippen molar-refractivity contribution in [2.24, 2.45) is 0 Å². The fraction of sp³-hybridized carbons (Fsp3) is 0.500. The summed E-state index contributed by atoms with van der Waals surface area (Å²) in [7, 11) is 0. The second kappa shape index (κ2) is 4.34. The van der Waals surface area contributed by atoms with E-state index in [0.717, 1.165) is 11.9 Å². The standard InChI is InChI=1S/C10H15N5O/c1-4-11-10-13-8-7(5-12-15-8)9(14-10)16-6(2)3/h5-6H,4H2,1-3H3,(H2,11,12,13,14,15). The number of hydrogen-bond donors (Lipinski definition) is 2. The van der Waals surface area contributed by atoms with Crippen LogP contribution in [0.5, 0.6) is 5.88 Å². The zero-order valence-electron chi connectivity index (χ0n) is 9.61. The third kappa shape index (κ3) is 2.05. The maximum atomic E-state index is 5.62. The highest BCUT2D eigenvalue weighted by atomic mass is 16.5. The molecular weight excluding hydrogens is 206 g/mol. The van der Waals surface area contributed by atoms with E-state index in [1.54, 1.807) is 6.20 Å². The number of nitrogens with zero attached hydrogens (tertiary/aromatic N) is 3. The summed E-state index contributed by atoms with van der Waals surface area (Å²) in [5.74, 6) is 1.11. The molecule has 0 fully saturated rings. The lowest BCUT2D eigenvalue weighted by atomic mass is 10.4. The van der Waals surface area contributed by atoms with E-state index >= 15 is 0 Å². The number of H-pyrrole nitrogens is 1. The molecule has 6 heteroatoms. The van der Waals surface area contributed by atoms with E-state index in [-0.39, 0.29) is 6.10 Å². The van der Waals surface area contributed by atoms with E-state index in [9.17, 15) is 0 Å². The van der Waals surface area contributed by atoms with Crippen LogP contribution < -0.4 is 10.1 Å². The lowest BCUT2D eigenvalue weighted by Gasteiger charge is -2.10. The van der Waals surface area contributed by atoms with E-state index in [2.05, 4.69) is 25.5 Å². The number of hydrogen-bond acceptors (Lipinski definition) is 5. The molecule has 0 amide bonds. The molecular formula is C10H15N5O. The molecule has 0 aliphatic heterocycles. The third-order valence-corrected chi connectivity index (χ3v) is 1.96. The molecule has 0 spiro atoms. The molecule has 86 valence electrons. The maximum absolute atomic E-state index is 5.62. The number of rotatable bonds is 4. The quantitative estimate of drug-likeness (QED) is 0.819. The average molecular weight is 221 g/mol. The predicted octanol–water partition coefficient (Wildman–Crippen LogP) is 1.57. The molecule has 0 radical (unpaired) electrons. The van der Waals surface area contributed by atoms with E-state index in [0.29, 0.717) is 17.5 Å². The number of nitrogens with one attached hydrogen (secondary N) is 2. The van der Waals surface area contributed by atoms with Crippen LogP contribution in [0.3, 0.4) is 0 Å². The highest BCUT2D eigenvalue weighted by Gasteiger charge is 2.11. The van der Waals surface area contributed by atoms with Gasteiger partial charge < -0.3 is 10.1 Å². The zero-order chi connectivity index (χ0) is 11.5. The molecule has 0 bridgehead atoms. The van der Waals surface area contributed by atoms with Gasteiger partial charge in [0.1, 0.15) is 5.39 Å². The fourth-order valence-corrected chi connectivity index (χ4v) is 1.36. The SMILES string of the molecule is CCNc1nc(OC(C)C)c2cn[nH]c2n1. The fourth-order valence-electron chi connectivity index (χ4n) is 1.36. The predicted molar refractivity (Wildman–Crippen MR) is 61.6 cm³/mol. The molecule has 0 unspecified atom stereocenters. The number of aromatic amines is 1. The van der Waals surface area contributed by atoms with Crippen LogP contribution in [-0.4, -0.2) is 32.8 Å². The van der Waals surface area contributed by atoms with Crippen molar-refractivity contribution in [1.29, 1.82) is 0 Å². The van der Waals surface area contributed by atoms with Gasteiger partial charge in [0, 0.05) is 6.54 Å². The van der Waals surface area contributed by atoms with Gasteiger partial charge in [-0.05, 0) is 20.8 Å². The number of aromatic nitrogens is 4. The molecule has 2 heterocycles. The molecule has 0 atom stereocenters. The van der Waals surface area contributed by atoms with Crippen molar-refractivity contribution in [2.75, 3.05) is 11.9 Å². The highest BCUT2D eigenvalue weighted by Crippen LogP contribution is 2.22. The van der Waals surface area contributed by atoms with Gasteiger partial charge in [-0.15, -0.1) is 0 Å². The molecule has 6 nitrogen and oxygen atoms in total. The minimum absolute atomic E-state index is 0.0717. The molecule has 0 saturated carbocycles. The average Bonchev–Trinajstić information content (AvgIpc) is 2.65. The van der Waals surface area contributed by atoms with Gasteiger partial charge >= 0.3 is 0 Å². The summed E-state index contributed by atoms with van der Waals surface area (Å²) in [4.78, 5) is 8.57. The van der Waals surface area contributed by atoms with Crippen molar-refractivity contribution in [3.8, 4) is 5.88 Å². The summed E-state index contributed by atoms with van der Waals surface area (Å²) in [6.07, 6.45) is 1.74. The Morgan fingerprint density at radius 2 is 2.25 bits per heavy atom. The Labute approximate surface area is 93.4 Å². The molecule has 0 saturated heterocycles. The van der Waals surface area contributed by atoms with Crippen molar-refractivity contribution in [2.45, 2.75) is 26.9 Å². The number of anilines is 1. The van der Waals surface area contributed by atoms with E-state index in [1.165, 1.54) is 0 Å². The highest BCUT2D eigenvalue weighted by molar-refractivity contribution is 5.80.